The number of para-hydroxylation sites is 2. The van der Waals surface area contributed by atoms with Crippen molar-refractivity contribution in [3.8, 4) is 27.9 Å². The maximum absolute atomic E-state index is 2.38. The topological polar surface area (TPSA) is 8.17 Å². The van der Waals surface area contributed by atoms with E-state index in [4.69, 9.17) is 0 Å². The third kappa shape index (κ3) is 4.92. The maximum atomic E-state index is 2.38. The molecule has 0 aliphatic heterocycles. The second-order valence-electron chi connectivity index (χ2n) is 12.3. The summed E-state index contributed by atoms with van der Waals surface area (Å²) in [6.07, 6.45) is 0. The molecular formula is C46H32N2. The van der Waals surface area contributed by atoms with E-state index >= 15 is 0 Å². The standard InChI is InChI=1S/C46H32N2/c1-4-12-33(13-5-1)35-20-25-40(26-21-35)47(41-27-22-36(23-28-41)34-14-6-2-7-15-34)42-29-24-37-32-46-44(31-38(37)30-42)43-18-10-11-19-45(43)48(46)39-16-8-3-9-17-39/h1-32H. The summed E-state index contributed by atoms with van der Waals surface area (Å²) in [6, 6.07) is 69.9. The first-order chi connectivity index (χ1) is 23.8. The first-order valence-corrected chi connectivity index (χ1v) is 16.4. The van der Waals surface area contributed by atoms with Crippen LogP contribution in [0.15, 0.2) is 194 Å². The number of hydrogen-bond donors (Lipinski definition) is 0. The van der Waals surface area contributed by atoms with Crippen LogP contribution in [0.3, 0.4) is 0 Å². The number of nitrogens with zero attached hydrogens (tertiary/aromatic N) is 2. The number of benzene rings is 8. The van der Waals surface area contributed by atoms with E-state index in [0.29, 0.717) is 0 Å². The molecule has 0 spiro atoms. The average molecular weight is 613 g/mol. The normalized spacial score (nSPS) is 11.3. The van der Waals surface area contributed by atoms with Gasteiger partial charge >= 0.3 is 0 Å². The molecule has 9 aromatic rings. The molecule has 0 radical (unpaired) electrons. The van der Waals surface area contributed by atoms with Gasteiger partial charge in [-0.2, -0.15) is 0 Å². The monoisotopic (exact) mass is 612 g/mol. The van der Waals surface area contributed by atoms with Crippen LogP contribution in [-0.2, 0) is 0 Å². The third-order valence-electron chi connectivity index (χ3n) is 9.35. The fourth-order valence-corrected chi connectivity index (χ4v) is 7.01. The Balaban J connectivity index is 1.20. The van der Waals surface area contributed by atoms with E-state index in [1.54, 1.807) is 0 Å². The molecule has 226 valence electrons. The zero-order valence-corrected chi connectivity index (χ0v) is 26.4. The zero-order chi connectivity index (χ0) is 31.9. The fourth-order valence-electron chi connectivity index (χ4n) is 7.01. The van der Waals surface area contributed by atoms with Crippen molar-refractivity contribution in [3.05, 3.63) is 194 Å². The molecular weight excluding hydrogens is 581 g/mol. The van der Waals surface area contributed by atoms with Crippen LogP contribution in [0.4, 0.5) is 17.1 Å². The van der Waals surface area contributed by atoms with Crippen molar-refractivity contribution in [1.82, 2.24) is 4.57 Å². The molecule has 0 aliphatic rings. The minimum atomic E-state index is 1.11. The minimum Gasteiger partial charge on any atom is -0.310 e. The number of fused-ring (bicyclic) bond motifs is 4. The lowest BCUT2D eigenvalue weighted by molar-refractivity contribution is 1.18. The highest BCUT2D eigenvalue weighted by atomic mass is 15.1. The summed E-state index contributed by atoms with van der Waals surface area (Å²) in [7, 11) is 0. The van der Waals surface area contributed by atoms with Gasteiger partial charge in [-0.1, -0.05) is 127 Å². The molecule has 0 aliphatic carbocycles. The van der Waals surface area contributed by atoms with Crippen molar-refractivity contribution < 1.29 is 0 Å². The van der Waals surface area contributed by atoms with Gasteiger partial charge in [0, 0.05) is 33.5 Å². The van der Waals surface area contributed by atoms with Crippen molar-refractivity contribution >= 4 is 49.6 Å². The molecule has 0 saturated carbocycles. The molecule has 8 aromatic carbocycles. The van der Waals surface area contributed by atoms with Crippen LogP contribution < -0.4 is 4.90 Å². The van der Waals surface area contributed by atoms with Crippen LogP contribution in [-0.4, -0.2) is 4.57 Å². The minimum absolute atomic E-state index is 1.11. The highest BCUT2D eigenvalue weighted by Crippen LogP contribution is 2.40. The van der Waals surface area contributed by atoms with E-state index in [-0.39, 0.29) is 0 Å². The molecule has 1 heterocycles. The fraction of sp³-hybridized carbons (Fsp3) is 0. The lowest BCUT2D eigenvalue weighted by Crippen LogP contribution is -2.09. The Morgan fingerprint density at radius 3 is 1.42 bits per heavy atom. The Labute approximate surface area is 280 Å². The van der Waals surface area contributed by atoms with Gasteiger partial charge in [0.25, 0.3) is 0 Å². The van der Waals surface area contributed by atoms with E-state index in [1.807, 2.05) is 0 Å². The van der Waals surface area contributed by atoms with E-state index in [9.17, 15) is 0 Å². The number of aromatic nitrogens is 1. The van der Waals surface area contributed by atoms with E-state index in [1.165, 1.54) is 60.5 Å². The number of hydrogen-bond acceptors (Lipinski definition) is 1. The van der Waals surface area contributed by atoms with Crippen LogP contribution in [0, 0.1) is 0 Å². The Kier molecular flexibility index (Phi) is 6.84. The summed E-state index contributed by atoms with van der Waals surface area (Å²) in [5, 5.41) is 4.94. The zero-order valence-electron chi connectivity index (χ0n) is 26.4. The number of rotatable bonds is 6. The molecule has 0 atom stereocenters. The van der Waals surface area contributed by atoms with Gasteiger partial charge in [-0.05, 0) is 99.8 Å². The summed E-state index contributed by atoms with van der Waals surface area (Å²) in [5.41, 5.74) is 11.8. The SMILES string of the molecule is c1ccc(-c2ccc(N(c3ccc(-c4ccccc4)cc3)c3ccc4cc5c(cc4c3)c3ccccc3n5-c3ccccc3)cc2)cc1. The van der Waals surface area contributed by atoms with E-state index in [2.05, 4.69) is 204 Å². The lowest BCUT2D eigenvalue weighted by atomic mass is 10.0. The van der Waals surface area contributed by atoms with Gasteiger partial charge in [-0.25, -0.2) is 0 Å². The predicted octanol–water partition coefficient (Wildman–Crippen LogP) is 12.7. The summed E-state index contributed by atoms with van der Waals surface area (Å²) >= 11 is 0. The van der Waals surface area contributed by atoms with Crippen LogP contribution >= 0.6 is 0 Å². The second-order valence-corrected chi connectivity index (χ2v) is 12.3. The average Bonchev–Trinajstić information content (AvgIpc) is 3.48. The van der Waals surface area contributed by atoms with Crippen molar-refractivity contribution in [1.29, 1.82) is 0 Å². The van der Waals surface area contributed by atoms with Crippen molar-refractivity contribution in [2.45, 2.75) is 0 Å². The van der Waals surface area contributed by atoms with Gasteiger partial charge in [0.15, 0.2) is 0 Å². The summed E-state index contributed by atoms with van der Waals surface area (Å²) < 4.78 is 2.38. The summed E-state index contributed by atoms with van der Waals surface area (Å²) in [6.45, 7) is 0. The van der Waals surface area contributed by atoms with Crippen LogP contribution in [0.2, 0.25) is 0 Å². The molecule has 2 nitrogen and oxygen atoms in total. The molecule has 0 bridgehead atoms. The van der Waals surface area contributed by atoms with Gasteiger partial charge in [-0.15, -0.1) is 0 Å². The smallest absolute Gasteiger partial charge is 0.0547 e. The largest absolute Gasteiger partial charge is 0.310 e. The molecule has 2 heteroatoms. The molecule has 1 aromatic heterocycles. The third-order valence-corrected chi connectivity index (χ3v) is 9.35. The van der Waals surface area contributed by atoms with Gasteiger partial charge < -0.3 is 9.47 Å². The van der Waals surface area contributed by atoms with Crippen LogP contribution in [0.5, 0.6) is 0 Å². The van der Waals surface area contributed by atoms with Gasteiger partial charge in [0.1, 0.15) is 0 Å². The molecule has 0 amide bonds. The highest BCUT2D eigenvalue weighted by Gasteiger charge is 2.17. The Morgan fingerprint density at radius 2 is 0.812 bits per heavy atom. The van der Waals surface area contributed by atoms with E-state index in [0.717, 1.165) is 17.1 Å². The Hall–Kier alpha value is -6.38. The maximum Gasteiger partial charge on any atom is 0.0547 e. The quantitative estimate of drug-likeness (QED) is 0.181. The molecule has 0 saturated heterocycles. The predicted molar refractivity (Wildman–Crippen MR) is 204 cm³/mol. The van der Waals surface area contributed by atoms with Gasteiger partial charge in [0.2, 0.25) is 0 Å². The van der Waals surface area contributed by atoms with E-state index < -0.39 is 0 Å². The Morgan fingerprint density at radius 1 is 0.312 bits per heavy atom. The van der Waals surface area contributed by atoms with Crippen molar-refractivity contribution in [3.63, 3.8) is 0 Å². The molecule has 0 N–H and O–H groups in total. The Bertz CT molecular complexity index is 2430. The lowest BCUT2D eigenvalue weighted by Gasteiger charge is -2.26. The highest BCUT2D eigenvalue weighted by molar-refractivity contribution is 6.14. The number of anilines is 3. The molecule has 0 fully saturated rings. The summed E-state index contributed by atoms with van der Waals surface area (Å²) in [4.78, 5) is 2.36. The van der Waals surface area contributed by atoms with Crippen molar-refractivity contribution in [2.75, 3.05) is 4.90 Å². The van der Waals surface area contributed by atoms with Crippen LogP contribution in [0.25, 0.3) is 60.5 Å². The summed E-state index contributed by atoms with van der Waals surface area (Å²) in [5.74, 6) is 0. The van der Waals surface area contributed by atoms with Crippen LogP contribution in [0.1, 0.15) is 0 Å². The van der Waals surface area contributed by atoms with Gasteiger partial charge in [-0.3, -0.25) is 0 Å². The first kappa shape index (κ1) is 27.9. The molecule has 0 unspecified atom stereocenters. The first-order valence-electron chi connectivity index (χ1n) is 16.4. The molecule has 9 rings (SSSR count). The second kappa shape index (κ2) is 11.8. The molecule has 48 heavy (non-hydrogen) atoms. The van der Waals surface area contributed by atoms with Gasteiger partial charge in [0.05, 0.1) is 11.0 Å². The van der Waals surface area contributed by atoms with Crippen molar-refractivity contribution in [2.24, 2.45) is 0 Å².